The first kappa shape index (κ1) is 30.6. The highest BCUT2D eigenvalue weighted by Crippen LogP contribution is 2.39. The molecule has 0 aliphatic rings. The Hall–Kier alpha value is -3.36. The molecule has 14 heteroatoms. The van der Waals surface area contributed by atoms with Crippen molar-refractivity contribution in [2.75, 3.05) is 22.9 Å². The zero-order valence-corrected chi connectivity index (χ0v) is 25.4. The number of nitrogens with one attached hydrogen (secondary N) is 2. The number of anilines is 2. The largest absolute Gasteiger partial charge is 0.573 e. The molecule has 2 aromatic carbocycles. The number of halogens is 4. The number of rotatable bonds is 9. The number of benzene rings is 2. The quantitative estimate of drug-likeness (QED) is 0.193. The van der Waals surface area contributed by atoms with Crippen LogP contribution in [0.2, 0.25) is 0 Å². The average molecular weight is 673 g/mol. The lowest BCUT2D eigenvalue weighted by atomic mass is 9.78. The van der Waals surface area contributed by atoms with Crippen LogP contribution in [0, 0.1) is 0 Å². The van der Waals surface area contributed by atoms with Crippen molar-refractivity contribution in [3.05, 3.63) is 75.1 Å². The van der Waals surface area contributed by atoms with Crippen molar-refractivity contribution in [1.82, 2.24) is 4.98 Å². The Labute approximate surface area is 247 Å². The van der Waals surface area contributed by atoms with Crippen LogP contribution >= 0.6 is 27.3 Å². The van der Waals surface area contributed by atoms with E-state index in [2.05, 4.69) is 35.7 Å². The second-order valence-corrected chi connectivity index (χ2v) is 13.3. The first-order valence-corrected chi connectivity index (χ1v) is 15.6. The fourth-order valence-corrected chi connectivity index (χ4v) is 5.92. The van der Waals surface area contributed by atoms with E-state index in [1.165, 1.54) is 29.5 Å². The van der Waals surface area contributed by atoms with Gasteiger partial charge in [-0.25, -0.2) is 13.4 Å². The Morgan fingerprint density at radius 3 is 2.37 bits per heavy atom. The predicted molar refractivity (Wildman–Crippen MR) is 157 cm³/mol. The van der Waals surface area contributed by atoms with Crippen LogP contribution < -0.4 is 19.5 Å². The van der Waals surface area contributed by atoms with Gasteiger partial charge in [-0.2, -0.15) is 0 Å². The zero-order valence-electron chi connectivity index (χ0n) is 22.2. The molecule has 0 aliphatic carbocycles. The monoisotopic (exact) mass is 671 g/mol. The summed E-state index contributed by atoms with van der Waals surface area (Å²) in [5.74, 6) is -0.440. The standard InChI is InChI=1S/C27H25BrF3N3O5S2/c1-5-38-19-10-16(11-20(13-19)39-27(29,30)31)26(2,3)15-8-17(28)12-18(9-15)32-25(35)23-14-21-22(40-23)6-7-24(33-21)34-41(4,36)37/h6-14H,5H2,1-4H3,(H,32,35)(H,33,34). The van der Waals surface area contributed by atoms with Gasteiger partial charge in [0.05, 0.1) is 28.0 Å². The molecule has 0 saturated carbocycles. The molecular formula is C27H25BrF3N3O5S2. The molecule has 0 spiro atoms. The maximum absolute atomic E-state index is 13.1. The summed E-state index contributed by atoms with van der Waals surface area (Å²) in [6, 6.07) is 14.1. The van der Waals surface area contributed by atoms with Crippen molar-refractivity contribution in [3.8, 4) is 11.5 Å². The minimum Gasteiger partial charge on any atom is -0.494 e. The van der Waals surface area contributed by atoms with Gasteiger partial charge in [-0.15, -0.1) is 24.5 Å². The number of hydrogen-bond acceptors (Lipinski definition) is 7. The lowest BCUT2D eigenvalue weighted by Gasteiger charge is -2.28. The van der Waals surface area contributed by atoms with E-state index in [-0.39, 0.29) is 18.2 Å². The van der Waals surface area contributed by atoms with Crippen LogP contribution in [0.3, 0.4) is 0 Å². The normalized spacial score (nSPS) is 12.3. The van der Waals surface area contributed by atoms with Crippen molar-refractivity contribution in [3.63, 3.8) is 0 Å². The van der Waals surface area contributed by atoms with Crippen LogP contribution in [-0.2, 0) is 15.4 Å². The zero-order chi connectivity index (χ0) is 30.2. The highest BCUT2D eigenvalue weighted by atomic mass is 79.9. The number of nitrogens with zero attached hydrogens (tertiary/aromatic N) is 1. The Kier molecular flexibility index (Phi) is 8.58. The van der Waals surface area contributed by atoms with E-state index in [1.807, 2.05) is 19.9 Å². The van der Waals surface area contributed by atoms with Gasteiger partial charge in [0, 0.05) is 21.6 Å². The van der Waals surface area contributed by atoms with Gasteiger partial charge in [0.25, 0.3) is 5.91 Å². The molecule has 0 unspecified atom stereocenters. The summed E-state index contributed by atoms with van der Waals surface area (Å²) in [5.41, 5.74) is 1.28. The van der Waals surface area contributed by atoms with Gasteiger partial charge in [-0.05, 0) is 66.6 Å². The second kappa shape index (κ2) is 11.5. The third kappa shape index (κ3) is 7.89. The van der Waals surface area contributed by atoms with Crippen molar-refractivity contribution in [1.29, 1.82) is 0 Å². The molecule has 1 amide bonds. The molecule has 0 atom stereocenters. The molecule has 2 heterocycles. The van der Waals surface area contributed by atoms with Gasteiger partial charge in [-0.3, -0.25) is 9.52 Å². The molecule has 218 valence electrons. The summed E-state index contributed by atoms with van der Waals surface area (Å²) < 4.78 is 75.3. The number of hydrogen-bond donors (Lipinski definition) is 2. The highest BCUT2D eigenvalue weighted by molar-refractivity contribution is 9.10. The molecule has 0 radical (unpaired) electrons. The molecular weight excluding hydrogens is 647 g/mol. The molecule has 0 bridgehead atoms. The highest BCUT2D eigenvalue weighted by Gasteiger charge is 2.33. The number of alkyl halides is 3. The van der Waals surface area contributed by atoms with Crippen molar-refractivity contribution >= 4 is 64.9 Å². The predicted octanol–water partition coefficient (Wildman–Crippen LogP) is 7.31. The summed E-state index contributed by atoms with van der Waals surface area (Å²) in [4.78, 5) is 17.7. The fourth-order valence-electron chi connectivity index (χ4n) is 4.04. The van der Waals surface area contributed by atoms with Crippen LogP contribution in [0.15, 0.2) is 59.1 Å². The number of carbonyl (C=O) groups is 1. The lowest BCUT2D eigenvalue weighted by molar-refractivity contribution is -0.274. The number of aromatic nitrogens is 1. The third-order valence-electron chi connectivity index (χ3n) is 5.91. The van der Waals surface area contributed by atoms with Crippen molar-refractivity contribution in [2.24, 2.45) is 0 Å². The van der Waals surface area contributed by atoms with Crippen molar-refractivity contribution in [2.45, 2.75) is 32.5 Å². The smallest absolute Gasteiger partial charge is 0.494 e. The van der Waals surface area contributed by atoms with Crippen LogP contribution in [0.25, 0.3) is 10.2 Å². The van der Waals surface area contributed by atoms with Crippen LogP contribution in [0.1, 0.15) is 41.6 Å². The van der Waals surface area contributed by atoms with E-state index in [1.54, 1.807) is 37.3 Å². The van der Waals surface area contributed by atoms with Gasteiger partial charge in [0.1, 0.15) is 17.3 Å². The summed E-state index contributed by atoms with van der Waals surface area (Å²) in [6.07, 6.45) is -3.85. The summed E-state index contributed by atoms with van der Waals surface area (Å²) in [7, 11) is -3.51. The average Bonchev–Trinajstić information content (AvgIpc) is 3.25. The molecule has 2 N–H and O–H groups in total. The molecule has 0 fully saturated rings. The molecule has 8 nitrogen and oxygen atoms in total. The number of sulfonamides is 1. The van der Waals surface area contributed by atoms with E-state index < -0.39 is 33.5 Å². The van der Waals surface area contributed by atoms with E-state index in [9.17, 15) is 26.4 Å². The third-order valence-corrected chi connectivity index (χ3v) is 8.04. The molecule has 41 heavy (non-hydrogen) atoms. The SMILES string of the molecule is CCOc1cc(OC(F)(F)F)cc(C(C)(C)c2cc(Br)cc(NC(=O)c3cc4nc(NS(C)(=O)=O)ccc4s3)c2)c1. The lowest BCUT2D eigenvalue weighted by Crippen LogP contribution is -2.21. The number of pyridine rings is 1. The molecule has 4 rings (SSSR count). The second-order valence-electron chi connectivity index (χ2n) is 9.55. The molecule has 0 aliphatic heterocycles. The Balaban J connectivity index is 1.63. The molecule has 4 aromatic rings. The molecule has 0 saturated heterocycles. The number of thiophene rings is 1. The van der Waals surface area contributed by atoms with E-state index in [0.717, 1.165) is 6.26 Å². The Morgan fingerprint density at radius 2 is 1.71 bits per heavy atom. The maximum atomic E-state index is 13.1. The van der Waals surface area contributed by atoms with Gasteiger partial charge in [-0.1, -0.05) is 29.8 Å². The van der Waals surface area contributed by atoms with Gasteiger partial charge in [0.2, 0.25) is 10.0 Å². The maximum Gasteiger partial charge on any atom is 0.573 e. The fraction of sp³-hybridized carbons (Fsp3) is 0.259. The van der Waals surface area contributed by atoms with E-state index in [0.29, 0.717) is 36.4 Å². The van der Waals surface area contributed by atoms with E-state index >= 15 is 0 Å². The number of fused-ring (bicyclic) bond motifs is 1. The van der Waals surface area contributed by atoms with Gasteiger partial charge >= 0.3 is 6.36 Å². The summed E-state index contributed by atoms with van der Waals surface area (Å²) in [5, 5.41) is 2.86. The van der Waals surface area contributed by atoms with Crippen molar-refractivity contribution < 1.29 is 35.9 Å². The minimum atomic E-state index is -4.87. The molecule has 2 aromatic heterocycles. The van der Waals surface area contributed by atoms with Gasteiger partial charge in [0.15, 0.2) is 0 Å². The Bertz CT molecular complexity index is 1720. The number of carbonyl (C=O) groups excluding carboxylic acids is 1. The topological polar surface area (TPSA) is 107 Å². The summed E-state index contributed by atoms with van der Waals surface area (Å²) in [6.45, 7) is 5.65. The first-order valence-electron chi connectivity index (χ1n) is 12.1. The minimum absolute atomic E-state index is 0.140. The Morgan fingerprint density at radius 1 is 1.02 bits per heavy atom. The van der Waals surface area contributed by atoms with Gasteiger partial charge < -0.3 is 14.8 Å². The number of amides is 1. The first-order chi connectivity index (χ1) is 19.0. The van der Waals surface area contributed by atoms with Crippen LogP contribution in [-0.4, -0.2) is 38.5 Å². The van der Waals surface area contributed by atoms with E-state index in [4.69, 9.17) is 4.74 Å². The van der Waals surface area contributed by atoms with Crippen LogP contribution in [0.5, 0.6) is 11.5 Å². The number of ether oxygens (including phenoxy) is 2. The van der Waals surface area contributed by atoms with Crippen LogP contribution in [0.4, 0.5) is 24.7 Å². The summed E-state index contributed by atoms with van der Waals surface area (Å²) >= 11 is 4.66.